The van der Waals surface area contributed by atoms with Crippen LogP contribution in [-0.2, 0) is 0 Å². The number of aliphatic imine (C=N–C) groups is 1. The van der Waals surface area contributed by atoms with Gasteiger partial charge in [0, 0.05) is 47.0 Å². The summed E-state index contributed by atoms with van der Waals surface area (Å²) in [6.07, 6.45) is 4.30. The van der Waals surface area contributed by atoms with Gasteiger partial charge in [0.05, 0.1) is 21.6 Å². The molecule has 0 radical (unpaired) electrons. The van der Waals surface area contributed by atoms with E-state index in [0.29, 0.717) is 22.2 Å². The highest BCUT2D eigenvalue weighted by atomic mass is 35.5. The van der Waals surface area contributed by atoms with Gasteiger partial charge in [-0.05, 0) is 36.8 Å². The Morgan fingerprint density at radius 3 is 2.93 bits per heavy atom. The molecule has 0 aliphatic heterocycles. The fraction of sp³-hybridized carbons (Fsp3) is 0.143. The number of aromatic nitrogens is 2. The standard InChI is InChI=1S/C21H18Cl2N4O/c22-13-5-6-15-18(7-10-26-19(15)11-13)25-9-2-8-24-12-16-14-3-1-4-17(23)20(14)27-21(16)28/h1,3-7,10-12,27-28H,2,8-9H2,(H,25,26). The van der Waals surface area contributed by atoms with Gasteiger partial charge < -0.3 is 15.4 Å². The third-order valence-electron chi connectivity index (χ3n) is 4.51. The third kappa shape index (κ3) is 3.77. The summed E-state index contributed by atoms with van der Waals surface area (Å²) in [5.74, 6) is 0.0758. The Kier molecular flexibility index (Phi) is 5.37. The SMILES string of the molecule is Oc1[nH]c2c(Cl)cccc2c1C=NCCCNc1ccnc2cc(Cl)ccc12. The molecule has 0 spiro atoms. The topological polar surface area (TPSA) is 73.3 Å². The number of halogens is 2. The second-order valence-electron chi connectivity index (χ2n) is 6.39. The van der Waals surface area contributed by atoms with E-state index in [1.54, 1.807) is 18.5 Å². The second-order valence-corrected chi connectivity index (χ2v) is 7.23. The Morgan fingerprint density at radius 1 is 1.14 bits per heavy atom. The molecule has 0 aliphatic rings. The van der Waals surface area contributed by atoms with E-state index in [-0.39, 0.29) is 5.88 Å². The van der Waals surface area contributed by atoms with Crippen molar-refractivity contribution in [3.8, 4) is 5.88 Å². The van der Waals surface area contributed by atoms with Gasteiger partial charge in [0.25, 0.3) is 0 Å². The summed E-state index contributed by atoms with van der Waals surface area (Å²) in [5.41, 5.74) is 3.26. The van der Waals surface area contributed by atoms with Crippen molar-refractivity contribution in [1.29, 1.82) is 0 Å². The zero-order valence-electron chi connectivity index (χ0n) is 14.9. The van der Waals surface area contributed by atoms with E-state index in [1.807, 2.05) is 36.4 Å². The van der Waals surface area contributed by atoms with Gasteiger partial charge in [-0.1, -0.05) is 35.3 Å². The van der Waals surface area contributed by atoms with Crippen molar-refractivity contribution < 1.29 is 5.11 Å². The Hall–Kier alpha value is -2.76. The maximum absolute atomic E-state index is 10.1. The fourth-order valence-corrected chi connectivity index (χ4v) is 3.53. The van der Waals surface area contributed by atoms with Gasteiger partial charge in [-0.2, -0.15) is 0 Å². The molecule has 0 saturated carbocycles. The number of nitrogens with zero attached hydrogens (tertiary/aromatic N) is 2. The second kappa shape index (κ2) is 8.09. The van der Waals surface area contributed by atoms with E-state index in [9.17, 15) is 5.11 Å². The lowest BCUT2D eigenvalue weighted by molar-refractivity contribution is 0.457. The van der Waals surface area contributed by atoms with Crippen molar-refractivity contribution in [3.63, 3.8) is 0 Å². The van der Waals surface area contributed by atoms with Crippen LogP contribution in [-0.4, -0.2) is 34.4 Å². The van der Waals surface area contributed by atoms with Crippen LogP contribution < -0.4 is 5.32 Å². The summed E-state index contributed by atoms with van der Waals surface area (Å²) >= 11 is 12.2. The third-order valence-corrected chi connectivity index (χ3v) is 5.06. The number of fused-ring (bicyclic) bond motifs is 2. The lowest BCUT2D eigenvalue weighted by Crippen LogP contribution is -2.03. The van der Waals surface area contributed by atoms with Crippen LogP contribution in [0.1, 0.15) is 12.0 Å². The Balaban J connectivity index is 1.37. The average molecular weight is 413 g/mol. The van der Waals surface area contributed by atoms with Crippen LogP contribution in [0.25, 0.3) is 21.8 Å². The number of aromatic amines is 1. The molecule has 0 fully saturated rings. The van der Waals surface area contributed by atoms with Gasteiger partial charge in [-0.25, -0.2) is 0 Å². The highest BCUT2D eigenvalue weighted by molar-refractivity contribution is 6.35. The number of nitrogens with one attached hydrogen (secondary N) is 2. The molecule has 2 heterocycles. The Labute approximate surface area is 172 Å². The van der Waals surface area contributed by atoms with E-state index in [4.69, 9.17) is 23.2 Å². The lowest BCUT2D eigenvalue weighted by Gasteiger charge is -2.08. The van der Waals surface area contributed by atoms with Crippen molar-refractivity contribution in [1.82, 2.24) is 9.97 Å². The molecular weight excluding hydrogens is 395 g/mol. The molecule has 0 amide bonds. The molecule has 2 aromatic heterocycles. The van der Waals surface area contributed by atoms with Crippen molar-refractivity contribution in [3.05, 3.63) is 64.3 Å². The van der Waals surface area contributed by atoms with E-state index in [1.165, 1.54) is 0 Å². The van der Waals surface area contributed by atoms with Gasteiger partial charge in [0.2, 0.25) is 0 Å². The molecule has 4 aromatic rings. The zero-order valence-corrected chi connectivity index (χ0v) is 16.4. The molecule has 5 nitrogen and oxygen atoms in total. The summed E-state index contributed by atoms with van der Waals surface area (Å²) < 4.78 is 0. The molecule has 3 N–H and O–H groups in total. The fourth-order valence-electron chi connectivity index (χ4n) is 3.14. The number of hydrogen-bond acceptors (Lipinski definition) is 4. The normalized spacial score (nSPS) is 11.6. The molecule has 28 heavy (non-hydrogen) atoms. The van der Waals surface area contributed by atoms with Crippen LogP contribution in [0.4, 0.5) is 5.69 Å². The molecular formula is C21H18Cl2N4O. The van der Waals surface area contributed by atoms with Crippen LogP contribution in [0.15, 0.2) is 53.7 Å². The molecule has 0 unspecified atom stereocenters. The van der Waals surface area contributed by atoms with Gasteiger partial charge >= 0.3 is 0 Å². The first kappa shape index (κ1) is 18.6. The summed E-state index contributed by atoms with van der Waals surface area (Å²) in [6.45, 7) is 1.40. The Bertz CT molecular complexity index is 1170. The Morgan fingerprint density at radius 2 is 2.04 bits per heavy atom. The predicted molar refractivity (Wildman–Crippen MR) is 117 cm³/mol. The number of H-pyrrole nitrogens is 1. The number of rotatable bonds is 6. The van der Waals surface area contributed by atoms with E-state index in [0.717, 1.165) is 40.5 Å². The molecule has 0 bridgehead atoms. The minimum Gasteiger partial charge on any atom is -0.494 e. The maximum Gasteiger partial charge on any atom is 0.198 e. The van der Waals surface area contributed by atoms with E-state index in [2.05, 4.69) is 20.3 Å². The summed E-state index contributed by atoms with van der Waals surface area (Å²) in [5, 5.41) is 16.7. The highest BCUT2D eigenvalue weighted by Crippen LogP contribution is 2.30. The number of aromatic hydroxyl groups is 1. The van der Waals surface area contributed by atoms with Crippen LogP contribution >= 0.6 is 23.2 Å². The number of hydrogen-bond donors (Lipinski definition) is 3. The summed E-state index contributed by atoms with van der Waals surface area (Å²) in [4.78, 5) is 11.7. The largest absolute Gasteiger partial charge is 0.494 e. The van der Waals surface area contributed by atoms with Crippen molar-refractivity contribution in [2.45, 2.75) is 6.42 Å². The summed E-state index contributed by atoms with van der Waals surface area (Å²) in [7, 11) is 0. The first-order chi connectivity index (χ1) is 13.6. The highest BCUT2D eigenvalue weighted by Gasteiger charge is 2.10. The monoisotopic (exact) mass is 412 g/mol. The molecule has 7 heteroatoms. The number of benzene rings is 2. The lowest BCUT2D eigenvalue weighted by atomic mass is 10.2. The van der Waals surface area contributed by atoms with Crippen LogP contribution in [0.3, 0.4) is 0 Å². The minimum absolute atomic E-state index is 0.0758. The van der Waals surface area contributed by atoms with Crippen molar-refractivity contribution in [2.75, 3.05) is 18.4 Å². The van der Waals surface area contributed by atoms with Gasteiger partial charge in [0.15, 0.2) is 5.88 Å². The number of anilines is 1. The van der Waals surface area contributed by atoms with Gasteiger partial charge in [-0.15, -0.1) is 0 Å². The molecule has 0 atom stereocenters. The molecule has 0 aliphatic carbocycles. The molecule has 0 saturated heterocycles. The predicted octanol–water partition coefficient (Wildman–Crippen LogP) is 5.65. The molecule has 142 valence electrons. The molecule has 2 aromatic carbocycles. The quantitative estimate of drug-likeness (QED) is 0.283. The smallest absolute Gasteiger partial charge is 0.198 e. The first-order valence-electron chi connectivity index (χ1n) is 8.90. The van der Waals surface area contributed by atoms with Crippen molar-refractivity contribution in [2.24, 2.45) is 4.99 Å². The van der Waals surface area contributed by atoms with E-state index >= 15 is 0 Å². The van der Waals surface area contributed by atoms with Crippen LogP contribution in [0.5, 0.6) is 5.88 Å². The van der Waals surface area contributed by atoms with Crippen molar-refractivity contribution >= 4 is 56.9 Å². The minimum atomic E-state index is 0.0758. The van der Waals surface area contributed by atoms with Crippen LogP contribution in [0.2, 0.25) is 10.0 Å². The summed E-state index contributed by atoms with van der Waals surface area (Å²) in [6, 6.07) is 13.2. The van der Waals surface area contributed by atoms with E-state index < -0.39 is 0 Å². The zero-order chi connectivity index (χ0) is 19.5. The maximum atomic E-state index is 10.1. The average Bonchev–Trinajstić information content (AvgIpc) is 3.01. The molecule has 4 rings (SSSR count). The number of pyridine rings is 1. The number of para-hydroxylation sites is 1. The first-order valence-corrected chi connectivity index (χ1v) is 9.66. The van der Waals surface area contributed by atoms with Gasteiger partial charge in [-0.3, -0.25) is 9.98 Å². The van der Waals surface area contributed by atoms with Crippen LogP contribution in [0, 0.1) is 0 Å². The van der Waals surface area contributed by atoms with Gasteiger partial charge in [0.1, 0.15) is 0 Å².